The largest absolute Gasteiger partial charge is 0.341 e. The van der Waals surface area contributed by atoms with Gasteiger partial charge in [-0.3, -0.25) is 0 Å². The summed E-state index contributed by atoms with van der Waals surface area (Å²) in [6.07, 6.45) is 0. The first-order valence-electron chi connectivity index (χ1n) is 4.84. The molecular weight excluding hydrogens is 190 g/mol. The van der Waals surface area contributed by atoms with Crippen LogP contribution >= 0.6 is 0 Å². The molecule has 0 bridgehead atoms. The number of hydrogen-bond acceptors (Lipinski definition) is 2. The smallest absolute Gasteiger partial charge is 0.318 e. The van der Waals surface area contributed by atoms with Crippen LogP contribution in [0.3, 0.4) is 0 Å². The van der Waals surface area contributed by atoms with E-state index in [1.54, 1.807) is 7.05 Å². The molecular formula is C11H17N3O. The van der Waals surface area contributed by atoms with Gasteiger partial charge in [0, 0.05) is 19.3 Å². The first-order valence-corrected chi connectivity index (χ1v) is 4.84. The highest BCUT2D eigenvalue weighted by Gasteiger charge is 1.99. The van der Waals surface area contributed by atoms with Gasteiger partial charge in [0.05, 0.1) is 0 Å². The van der Waals surface area contributed by atoms with Gasteiger partial charge in [-0.05, 0) is 31.8 Å². The summed E-state index contributed by atoms with van der Waals surface area (Å²) >= 11 is 0. The Hall–Kier alpha value is -1.55. The van der Waals surface area contributed by atoms with Gasteiger partial charge in [0.2, 0.25) is 0 Å². The van der Waals surface area contributed by atoms with Gasteiger partial charge in [-0.1, -0.05) is 12.1 Å². The zero-order chi connectivity index (χ0) is 11.3. The molecule has 2 amide bonds. The molecule has 0 aliphatic carbocycles. The van der Waals surface area contributed by atoms with E-state index in [1.165, 1.54) is 5.56 Å². The number of nitrogens with zero attached hydrogens (tertiary/aromatic N) is 1. The molecule has 0 radical (unpaired) electrons. The maximum absolute atomic E-state index is 11.0. The Bertz CT molecular complexity index is 319. The van der Waals surface area contributed by atoms with Gasteiger partial charge >= 0.3 is 6.03 Å². The Morgan fingerprint density at radius 2 is 1.87 bits per heavy atom. The molecule has 0 heterocycles. The molecule has 0 spiro atoms. The summed E-state index contributed by atoms with van der Waals surface area (Å²) in [7, 11) is 5.64. The van der Waals surface area contributed by atoms with Crippen LogP contribution in [0.1, 0.15) is 5.56 Å². The predicted molar refractivity (Wildman–Crippen MR) is 61.9 cm³/mol. The van der Waals surface area contributed by atoms with E-state index in [0.717, 1.165) is 12.2 Å². The lowest BCUT2D eigenvalue weighted by atomic mass is 10.2. The van der Waals surface area contributed by atoms with Crippen molar-refractivity contribution in [3.05, 3.63) is 29.8 Å². The lowest BCUT2D eigenvalue weighted by Gasteiger charge is -2.10. The molecule has 0 saturated heterocycles. The first kappa shape index (κ1) is 11.5. The third-order valence-corrected chi connectivity index (χ3v) is 1.94. The average Bonchev–Trinajstić information content (AvgIpc) is 2.20. The molecule has 0 atom stereocenters. The van der Waals surface area contributed by atoms with Crippen LogP contribution in [0.25, 0.3) is 0 Å². The van der Waals surface area contributed by atoms with Crippen molar-refractivity contribution < 1.29 is 4.79 Å². The number of benzene rings is 1. The third kappa shape index (κ3) is 3.99. The molecule has 4 nitrogen and oxygen atoms in total. The van der Waals surface area contributed by atoms with E-state index in [9.17, 15) is 4.79 Å². The maximum Gasteiger partial charge on any atom is 0.318 e. The quantitative estimate of drug-likeness (QED) is 0.789. The number of nitrogens with one attached hydrogen (secondary N) is 2. The minimum Gasteiger partial charge on any atom is -0.341 e. The number of hydrogen-bond donors (Lipinski definition) is 2. The highest BCUT2D eigenvalue weighted by atomic mass is 16.2. The summed E-state index contributed by atoms with van der Waals surface area (Å²) < 4.78 is 0. The van der Waals surface area contributed by atoms with Crippen LogP contribution in [0.2, 0.25) is 0 Å². The van der Waals surface area contributed by atoms with Crippen LogP contribution in [0.4, 0.5) is 10.5 Å². The summed E-state index contributed by atoms with van der Waals surface area (Å²) in [6.45, 7) is 0.903. The second-order valence-corrected chi connectivity index (χ2v) is 3.64. The van der Waals surface area contributed by atoms with E-state index in [1.807, 2.05) is 38.4 Å². The molecule has 1 rings (SSSR count). The van der Waals surface area contributed by atoms with Gasteiger partial charge < -0.3 is 15.5 Å². The number of urea groups is 1. The van der Waals surface area contributed by atoms with E-state index in [0.29, 0.717) is 0 Å². The number of amides is 2. The first-order chi connectivity index (χ1) is 7.11. The summed E-state index contributed by atoms with van der Waals surface area (Å²) in [6, 6.07) is 7.61. The van der Waals surface area contributed by atoms with Gasteiger partial charge in [-0.25, -0.2) is 4.79 Å². The highest BCUT2D eigenvalue weighted by molar-refractivity contribution is 5.88. The Kier molecular flexibility index (Phi) is 4.12. The van der Waals surface area contributed by atoms with Crippen LogP contribution in [-0.2, 0) is 6.54 Å². The van der Waals surface area contributed by atoms with Crippen molar-refractivity contribution in [1.82, 2.24) is 10.2 Å². The Morgan fingerprint density at radius 1 is 1.27 bits per heavy atom. The van der Waals surface area contributed by atoms with Gasteiger partial charge in [0.25, 0.3) is 0 Å². The van der Waals surface area contributed by atoms with Crippen LogP contribution in [0.5, 0.6) is 0 Å². The van der Waals surface area contributed by atoms with Crippen molar-refractivity contribution >= 4 is 11.7 Å². The normalized spacial score (nSPS) is 10.1. The van der Waals surface area contributed by atoms with Crippen LogP contribution in [-0.4, -0.2) is 32.1 Å². The van der Waals surface area contributed by atoms with Crippen molar-refractivity contribution in [2.45, 2.75) is 6.54 Å². The molecule has 0 aliphatic rings. The molecule has 1 aromatic rings. The Balaban J connectivity index is 2.60. The monoisotopic (exact) mass is 207 g/mol. The van der Waals surface area contributed by atoms with Gasteiger partial charge in [-0.2, -0.15) is 0 Å². The molecule has 82 valence electrons. The fourth-order valence-corrected chi connectivity index (χ4v) is 1.25. The summed E-state index contributed by atoms with van der Waals surface area (Å²) in [5.41, 5.74) is 2.03. The fraction of sp³-hybridized carbons (Fsp3) is 0.364. The van der Waals surface area contributed by atoms with Crippen LogP contribution in [0, 0.1) is 0 Å². The van der Waals surface area contributed by atoms with Crippen molar-refractivity contribution in [2.75, 3.05) is 26.5 Å². The van der Waals surface area contributed by atoms with Crippen LogP contribution in [0.15, 0.2) is 24.3 Å². The van der Waals surface area contributed by atoms with Crippen molar-refractivity contribution in [3.8, 4) is 0 Å². The minimum atomic E-state index is -0.199. The lowest BCUT2D eigenvalue weighted by molar-refractivity contribution is 0.254. The molecule has 0 aliphatic heterocycles. The molecule has 0 saturated carbocycles. The molecule has 15 heavy (non-hydrogen) atoms. The average molecular weight is 207 g/mol. The predicted octanol–water partition coefficient (Wildman–Crippen LogP) is 1.50. The second-order valence-electron chi connectivity index (χ2n) is 3.64. The lowest BCUT2D eigenvalue weighted by Crippen LogP contribution is -2.24. The van der Waals surface area contributed by atoms with Crippen molar-refractivity contribution in [2.24, 2.45) is 0 Å². The van der Waals surface area contributed by atoms with Gasteiger partial charge in [-0.15, -0.1) is 0 Å². The summed E-state index contributed by atoms with van der Waals surface area (Å²) in [5.74, 6) is 0. The summed E-state index contributed by atoms with van der Waals surface area (Å²) in [4.78, 5) is 13.1. The zero-order valence-electron chi connectivity index (χ0n) is 9.37. The number of rotatable bonds is 3. The molecule has 0 fully saturated rings. The third-order valence-electron chi connectivity index (χ3n) is 1.94. The van der Waals surface area contributed by atoms with Gasteiger partial charge in [0.15, 0.2) is 0 Å². The maximum atomic E-state index is 11.0. The van der Waals surface area contributed by atoms with Crippen molar-refractivity contribution in [1.29, 1.82) is 0 Å². The zero-order valence-corrected chi connectivity index (χ0v) is 9.37. The molecule has 2 N–H and O–H groups in total. The van der Waals surface area contributed by atoms with E-state index in [4.69, 9.17) is 0 Å². The van der Waals surface area contributed by atoms with Crippen molar-refractivity contribution in [3.63, 3.8) is 0 Å². The van der Waals surface area contributed by atoms with E-state index < -0.39 is 0 Å². The number of carbonyl (C=O) groups is 1. The summed E-state index contributed by atoms with van der Waals surface area (Å²) in [5, 5.41) is 5.21. The second kappa shape index (κ2) is 5.36. The number of anilines is 1. The number of carbonyl (C=O) groups excluding carboxylic acids is 1. The van der Waals surface area contributed by atoms with E-state index in [2.05, 4.69) is 15.5 Å². The molecule has 0 aromatic heterocycles. The molecule has 4 heteroatoms. The standard InChI is InChI=1S/C11H17N3O/c1-12-11(15)13-10-6-4-9(5-7-10)8-14(2)3/h4-7H,8H2,1-3H3,(H2,12,13,15). The van der Waals surface area contributed by atoms with Crippen LogP contribution < -0.4 is 10.6 Å². The minimum absolute atomic E-state index is 0.199. The molecule has 1 aromatic carbocycles. The van der Waals surface area contributed by atoms with E-state index >= 15 is 0 Å². The highest BCUT2D eigenvalue weighted by Crippen LogP contribution is 2.10. The molecule has 0 unspecified atom stereocenters. The SMILES string of the molecule is CNC(=O)Nc1ccc(CN(C)C)cc1. The Labute approximate surface area is 90.3 Å². The Morgan fingerprint density at radius 3 is 2.33 bits per heavy atom. The fourth-order valence-electron chi connectivity index (χ4n) is 1.25. The topological polar surface area (TPSA) is 44.4 Å². The van der Waals surface area contributed by atoms with E-state index in [-0.39, 0.29) is 6.03 Å². The van der Waals surface area contributed by atoms with Gasteiger partial charge in [0.1, 0.15) is 0 Å².